The number of ketones is 2. The predicted molar refractivity (Wildman–Crippen MR) is 111 cm³/mol. The summed E-state index contributed by atoms with van der Waals surface area (Å²) in [5.41, 5.74) is 0.839. The molecule has 150 valence electrons. The SMILES string of the molecule is CN(c1ccccc1)S(=O)(=O)C1=C(N2CCCCC2)C(=O)c2ccccc2C1=O. The number of rotatable bonds is 4. The Bertz CT molecular complexity index is 1100. The second kappa shape index (κ2) is 7.48. The molecule has 7 heteroatoms. The zero-order valence-electron chi connectivity index (χ0n) is 16.2. The second-order valence-electron chi connectivity index (χ2n) is 7.24. The van der Waals surface area contributed by atoms with Gasteiger partial charge in [0.05, 0.1) is 5.69 Å². The average molecular weight is 410 g/mol. The van der Waals surface area contributed by atoms with E-state index in [0.29, 0.717) is 18.8 Å². The highest BCUT2D eigenvalue weighted by molar-refractivity contribution is 7.97. The summed E-state index contributed by atoms with van der Waals surface area (Å²) in [6, 6.07) is 15.0. The van der Waals surface area contributed by atoms with Crippen LogP contribution in [0.5, 0.6) is 0 Å². The number of carbonyl (C=O) groups excluding carboxylic acids is 2. The number of fused-ring (bicyclic) bond motifs is 1. The third-order valence-electron chi connectivity index (χ3n) is 5.46. The molecule has 0 radical (unpaired) electrons. The van der Waals surface area contributed by atoms with Gasteiger partial charge in [-0.05, 0) is 31.4 Å². The molecule has 0 atom stereocenters. The molecule has 1 saturated heterocycles. The third-order valence-corrected chi connectivity index (χ3v) is 7.29. The van der Waals surface area contributed by atoms with Gasteiger partial charge in [-0.25, -0.2) is 8.42 Å². The van der Waals surface area contributed by atoms with Gasteiger partial charge in [0.15, 0.2) is 4.91 Å². The monoisotopic (exact) mass is 410 g/mol. The van der Waals surface area contributed by atoms with Gasteiger partial charge in [0, 0.05) is 31.3 Å². The molecule has 0 amide bonds. The van der Waals surface area contributed by atoms with Crippen LogP contribution < -0.4 is 4.31 Å². The molecule has 1 fully saturated rings. The minimum Gasteiger partial charge on any atom is -0.367 e. The number of allylic oxidation sites excluding steroid dienone is 2. The molecule has 4 rings (SSSR count). The van der Waals surface area contributed by atoms with Crippen LogP contribution in [-0.2, 0) is 10.0 Å². The van der Waals surface area contributed by atoms with E-state index in [4.69, 9.17) is 0 Å². The van der Waals surface area contributed by atoms with E-state index in [1.165, 1.54) is 13.1 Å². The van der Waals surface area contributed by atoms with Crippen molar-refractivity contribution in [3.63, 3.8) is 0 Å². The van der Waals surface area contributed by atoms with Crippen molar-refractivity contribution in [3.8, 4) is 0 Å². The number of benzene rings is 2. The summed E-state index contributed by atoms with van der Waals surface area (Å²) in [6.45, 7) is 1.12. The molecule has 0 N–H and O–H groups in total. The Kier molecular flexibility index (Phi) is 5.00. The van der Waals surface area contributed by atoms with Crippen LogP contribution in [0.3, 0.4) is 0 Å². The van der Waals surface area contributed by atoms with Crippen LogP contribution in [0.15, 0.2) is 65.2 Å². The normalized spacial score (nSPS) is 17.3. The maximum atomic E-state index is 13.6. The van der Waals surface area contributed by atoms with Crippen LogP contribution in [0.1, 0.15) is 40.0 Å². The van der Waals surface area contributed by atoms with Crippen molar-refractivity contribution in [2.45, 2.75) is 19.3 Å². The summed E-state index contributed by atoms with van der Waals surface area (Å²) in [7, 11) is -2.83. The molecular weight excluding hydrogens is 388 g/mol. The second-order valence-corrected chi connectivity index (χ2v) is 9.14. The molecule has 0 spiro atoms. The maximum absolute atomic E-state index is 13.6. The zero-order valence-corrected chi connectivity index (χ0v) is 17.0. The van der Waals surface area contributed by atoms with Crippen LogP contribution in [0, 0.1) is 0 Å². The van der Waals surface area contributed by atoms with Crippen molar-refractivity contribution in [2.75, 3.05) is 24.4 Å². The summed E-state index contributed by atoms with van der Waals surface area (Å²) < 4.78 is 28.2. The van der Waals surface area contributed by atoms with Crippen LogP contribution in [0.2, 0.25) is 0 Å². The molecule has 29 heavy (non-hydrogen) atoms. The first-order valence-electron chi connectivity index (χ1n) is 9.64. The largest absolute Gasteiger partial charge is 0.367 e. The summed E-state index contributed by atoms with van der Waals surface area (Å²) in [6.07, 6.45) is 2.73. The number of para-hydroxylation sites is 1. The number of carbonyl (C=O) groups is 2. The van der Waals surface area contributed by atoms with Gasteiger partial charge in [0.25, 0.3) is 10.0 Å². The summed E-state index contributed by atoms with van der Waals surface area (Å²) in [5.74, 6) is -1.02. The van der Waals surface area contributed by atoms with E-state index in [1.807, 2.05) is 0 Å². The molecule has 0 unspecified atom stereocenters. The number of likely N-dealkylation sites (tertiary alicyclic amines) is 1. The van der Waals surface area contributed by atoms with Crippen LogP contribution in [0.4, 0.5) is 5.69 Å². The predicted octanol–water partition coefficient (Wildman–Crippen LogP) is 3.23. The summed E-state index contributed by atoms with van der Waals surface area (Å²) in [5, 5.41) is 0. The van der Waals surface area contributed by atoms with E-state index >= 15 is 0 Å². The van der Waals surface area contributed by atoms with Gasteiger partial charge < -0.3 is 4.90 Å². The number of hydrogen-bond acceptors (Lipinski definition) is 5. The molecule has 0 saturated carbocycles. The fourth-order valence-electron chi connectivity index (χ4n) is 3.90. The van der Waals surface area contributed by atoms with Crippen molar-refractivity contribution >= 4 is 27.3 Å². The highest BCUT2D eigenvalue weighted by Gasteiger charge is 2.43. The molecule has 2 aliphatic rings. The number of nitrogens with zero attached hydrogens (tertiary/aromatic N) is 2. The Balaban J connectivity index is 1.92. The van der Waals surface area contributed by atoms with Gasteiger partial charge in [-0.1, -0.05) is 42.5 Å². The lowest BCUT2D eigenvalue weighted by Crippen LogP contribution is -2.42. The van der Waals surface area contributed by atoms with Crippen molar-refractivity contribution in [1.82, 2.24) is 4.90 Å². The van der Waals surface area contributed by atoms with Gasteiger partial charge in [0.1, 0.15) is 5.70 Å². The Morgan fingerprint density at radius 2 is 1.34 bits per heavy atom. The van der Waals surface area contributed by atoms with Gasteiger partial charge in [-0.2, -0.15) is 0 Å². The van der Waals surface area contributed by atoms with E-state index in [2.05, 4.69) is 0 Å². The first-order valence-corrected chi connectivity index (χ1v) is 11.1. The minimum absolute atomic E-state index is 0.0104. The van der Waals surface area contributed by atoms with Gasteiger partial charge in [-0.3, -0.25) is 13.9 Å². The molecule has 0 bridgehead atoms. The molecule has 2 aromatic rings. The quantitative estimate of drug-likeness (QED) is 0.774. The van der Waals surface area contributed by atoms with Crippen molar-refractivity contribution in [2.24, 2.45) is 0 Å². The first-order chi connectivity index (χ1) is 13.9. The van der Waals surface area contributed by atoms with E-state index in [-0.39, 0.29) is 16.8 Å². The Labute approximate surface area is 170 Å². The van der Waals surface area contributed by atoms with E-state index in [0.717, 1.165) is 23.6 Å². The number of piperidine rings is 1. The molecule has 1 heterocycles. The van der Waals surface area contributed by atoms with Gasteiger partial charge in [0.2, 0.25) is 11.6 Å². The zero-order chi connectivity index (χ0) is 20.6. The van der Waals surface area contributed by atoms with Gasteiger partial charge >= 0.3 is 0 Å². The summed E-state index contributed by atoms with van der Waals surface area (Å²) >= 11 is 0. The van der Waals surface area contributed by atoms with Crippen molar-refractivity contribution in [3.05, 3.63) is 76.3 Å². The van der Waals surface area contributed by atoms with Crippen LogP contribution >= 0.6 is 0 Å². The molecule has 0 aromatic heterocycles. The lowest BCUT2D eigenvalue weighted by atomic mass is 9.91. The Morgan fingerprint density at radius 1 is 0.793 bits per heavy atom. The van der Waals surface area contributed by atoms with Crippen LogP contribution in [0.25, 0.3) is 0 Å². The topological polar surface area (TPSA) is 74.8 Å². The highest BCUT2D eigenvalue weighted by atomic mass is 32.2. The Hall–Kier alpha value is -2.93. The lowest BCUT2D eigenvalue weighted by molar-refractivity contribution is 0.0939. The first kappa shape index (κ1) is 19.4. The number of anilines is 1. The third kappa shape index (κ3) is 3.25. The number of sulfonamides is 1. The van der Waals surface area contributed by atoms with E-state index < -0.39 is 26.5 Å². The molecule has 6 nitrogen and oxygen atoms in total. The molecule has 2 aromatic carbocycles. The summed E-state index contributed by atoms with van der Waals surface area (Å²) in [4.78, 5) is 28.0. The minimum atomic E-state index is -4.24. The Morgan fingerprint density at radius 3 is 1.97 bits per heavy atom. The van der Waals surface area contributed by atoms with E-state index in [1.54, 1.807) is 53.4 Å². The molecule has 1 aliphatic heterocycles. The number of Topliss-reactive ketones (excluding diaryl/α,β-unsaturated/α-hetero) is 2. The molecular formula is C22H22N2O4S. The maximum Gasteiger partial charge on any atom is 0.270 e. The van der Waals surface area contributed by atoms with Crippen molar-refractivity contribution < 1.29 is 18.0 Å². The number of hydrogen-bond donors (Lipinski definition) is 0. The fourth-order valence-corrected chi connectivity index (χ4v) is 5.38. The molecule has 1 aliphatic carbocycles. The lowest BCUT2D eigenvalue weighted by Gasteiger charge is -2.34. The fraction of sp³-hybridized carbons (Fsp3) is 0.273. The van der Waals surface area contributed by atoms with Gasteiger partial charge in [-0.15, -0.1) is 0 Å². The smallest absolute Gasteiger partial charge is 0.270 e. The van der Waals surface area contributed by atoms with Crippen LogP contribution in [-0.4, -0.2) is 45.0 Å². The average Bonchev–Trinajstić information content (AvgIpc) is 2.76. The highest BCUT2D eigenvalue weighted by Crippen LogP contribution is 2.35. The standard InChI is InChI=1S/C22H22N2O4S/c1-23(16-10-4-2-5-11-16)29(27,28)22-19(24-14-8-3-9-15-24)20(25)17-12-6-7-13-18(17)21(22)26/h2,4-7,10-13H,3,8-9,14-15H2,1H3. The van der Waals surface area contributed by atoms with E-state index in [9.17, 15) is 18.0 Å². The van der Waals surface area contributed by atoms with Crippen molar-refractivity contribution in [1.29, 1.82) is 0 Å².